The van der Waals surface area contributed by atoms with Gasteiger partial charge in [-0.1, -0.05) is 0 Å². The largest absolute Gasteiger partial charge is 0.316 e. The third-order valence-electron chi connectivity index (χ3n) is 2.44. The molecule has 0 bridgehead atoms. The number of halogens is 2. The SMILES string of the molecule is N#Cc1ccc(NC(=O)c2cc(Br)c(Br)s2)c([N+](=O)[O-])c1. The molecule has 2 rings (SSSR count). The number of carbonyl (C=O) groups is 1. The second kappa shape index (κ2) is 6.34. The standard InChI is InChI=1S/C12H5Br2N3O3S/c13-7-4-10(21-11(7)14)12(18)16-8-2-1-6(5-15)3-9(8)17(19)20/h1-4H,(H,16,18). The first kappa shape index (κ1) is 15.6. The summed E-state index contributed by atoms with van der Waals surface area (Å²) in [5.41, 5.74) is -0.122. The third kappa shape index (κ3) is 3.47. The lowest BCUT2D eigenvalue weighted by Gasteiger charge is -2.04. The van der Waals surface area contributed by atoms with Crippen molar-refractivity contribution in [1.82, 2.24) is 0 Å². The highest BCUT2D eigenvalue weighted by Gasteiger charge is 2.19. The van der Waals surface area contributed by atoms with Crippen molar-refractivity contribution in [2.24, 2.45) is 0 Å². The maximum absolute atomic E-state index is 12.1. The van der Waals surface area contributed by atoms with Crippen LogP contribution in [-0.4, -0.2) is 10.8 Å². The number of carbonyl (C=O) groups excluding carboxylic acids is 1. The van der Waals surface area contributed by atoms with Gasteiger partial charge >= 0.3 is 0 Å². The molecule has 0 aliphatic carbocycles. The van der Waals surface area contributed by atoms with Crippen LogP contribution in [0.25, 0.3) is 0 Å². The predicted octanol–water partition coefficient (Wildman–Crippen LogP) is 4.31. The van der Waals surface area contributed by atoms with Crippen molar-refractivity contribution in [2.45, 2.75) is 0 Å². The van der Waals surface area contributed by atoms with Crippen LogP contribution in [0.3, 0.4) is 0 Å². The number of benzene rings is 1. The van der Waals surface area contributed by atoms with Gasteiger partial charge in [0.1, 0.15) is 5.69 Å². The number of amides is 1. The van der Waals surface area contributed by atoms with Crippen LogP contribution in [-0.2, 0) is 0 Å². The molecule has 0 unspecified atom stereocenters. The molecule has 2 aromatic rings. The highest BCUT2D eigenvalue weighted by molar-refractivity contribution is 9.13. The molecule has 106 valence electrons. The van der Waals surface area contributed by atoms with Crippen molar-refractivity contribution >= 4 is 60.5 Å². The molecule has 9 heteroatoms. The molecule has 0 saturated carbocycles. The number of nitrogens with zero attached hydrogens (tertiary/aromatic N) is 2. The summed E-state index contributed by atoms with van der Waals surface area (Å²) in [7, 11) is 0. The molecule has 0 aliphatic heterocycles. The summed E-state index contributed by atoms with van der Waals surface area (Å²) < 4.78 is 1.48. The van der Waals surface area contributed by atoms with Crippen molar-refractivity contribution in [2.75, 3.05) is 5.32 Å². The summed E-state index contributed by atoms with van der Waals surface area (Å²) in [4.78, 5) is 22.8. The van der Waals surface area contributed by atoms with Crippen LogP contribution in [0.5, 0.6) is 0 Å². The average molecular weight is 431 g/mol. The Labute approximate surface area is 139 Å². The van der Waals surface area contributed by atoms with E-state index in [9.17, 15) is 14.9 Å². The van der Waals surface area contributed by atoms with Gasteiger partial charge in [-0.2, -0.15) is 5.26 Å². The molecule has 0 fully saturated rings. The number of hydrogen-bond acceptors (Lipinski definition) is 5. The van der Waals surface area contributed by atoms with E-state index < -0.39 is 10.8 Å². The molecule has 0 aliphatic rings. The number of rotatable bonds is 3. The van der Waals surface area contributed by atoms with E-state index in [4.69, 9.17) is 5.26 Å². The van der Waals surface area contributed by atoms with Crippen LogP contribution < -0.4 is 5.32 Å². The summed E-state index contributed by atoms with van der Waals surface area (Å²) in [5, 5.41) is 22.2. The minimum absolute atomic E-state index is 0.0460. The van der Waals surface area contributed by atoms with E-state index in [0.29, 0.717) is 4.88 Å². The van der Waals surface area contributed by atoms with Crippen LogP contribution in [0.1, 0.15) is 15.2 Å². The Morgan fingerprint density at radius 2 is 2.10 bits per heavy atom. The first-order chi connectivity index (χ1) is 9.92. The van der Waals surface area contributed by atoms with Crippen molar-refractivity contribution < 1.29 is 9.72 Å². The highest BCUT2D eigenvalue weighted by Crippen LogP contribution is 2.33. The number of thiophene rings is 1. The van der Waals surface area contributed by atoms with Gasteiger partial charge in [0.15, 0.2) is 0 Å². The van der Waals surface area contributed by atoms with Crippen LogP contribution >= 0.6 is 43.2 Å². The van der Waals surface area contributed by atoms with E-state index in [0.717, 1.165) is 14.3 Å². The van der Waals surface area contributed by atoms with E-state index in [-0.39, 0.29) is 16.9 Å². The maximum atomic E-state index is 12.1. The Balaban J connectivity index is 2.33. The van der Waals surface area contributed by atoms with Crippen LogP contribution in [0.15, 0.2) is 32.5 Å². The van der Waals surface area contributed by atoms with Gasteiger partial charge in [-0.3, -0.25) is 14.9 Å². The average Bonchev–Trinajstić information content (AvgIpc) is 2.79. The van der Waals surface area contributed by atoms with E-state index >= 15 is 0 Å². The van der Waals surface area contributed by atoms with Crippen molar-refractivity contribution in [3.05, 3.63) is 53.1 Å². The van der Waals surface area contributed by atoms with Gasteiger partial charge in [0.2, 0.25) is 0 Å². The van der Waals surface area contributed by atoms with Gasteiger partial charge in [0.25, 0.3) is 11.6 Å². The molecule has 6 nitrogen and oxygen atoms in total. The lowest BCUT2D eigenvalue weighted by atomic mass is 10.2. The second-order valence-corrected chi connectivity index (χ2v) is 7.01. The van der Waals surface area contributed by atoms with E-state index in [1.807, 2.05) is 6.07 Å². The number of anilines is 1. The maximum Gasteiger partial charge on any atom is 0.294 e. The Hall–Kier alpha value is -1.76. The number of nitro benzene ring substituents is 1. The molecule has 1 aromatic carbocycles. The van der Waals surface area contributed by atoms with Crippen molar-refractivity contribution in [3.8, 4) is 6.07 Å². The summed E-state index contributed by atoms with van der Waals surface area (Å²) in [6.07, 6.45) is 0. The van der Waals surface area contributed by atoms with Gasteiger partial charge < -0.3 is 5.32 Å². The molecule has 21 heavy (non-hydrogen) atoms. The first-order valence-corrected chi connectivity index (χ1v) is 7.77. The van der Waals surface area contributed by atoms with Gasteiger partial charge in [0.05, 0.1) is 25.2 Å². The van der Waals surface area contributed by atoms with Crippen molar-refractivity contribution in [3.63, 3.8) is 0 Å². The lowest BCUT2D eigenvalue weighted by Crippen LogP contribution is -2.11. The van der Waals surface area contributed by atoms with E-state index in [2.05, 4.69) is 37.2 Å². The molecule has 0 radical (unpaired) electrons. The Kier molecular flexibility index (Phi) is 4.72. The zero-order valence-corrected chi connectivity index (χ0v) is 14.1. The third-order valence-corrected chi connectivity index (χ3v) is 5.70. The summed E-state index contributed by atoms with van der Waals surface area (Å²) in [6.45, 7) is 0. The van der Waals surface area contributed by atoms with Gasteiger partial charge in [-0.05, 0) is 50.1 Å². The number of hydrogen-bond donors (Lipinski definition) is 1. The number of nitriles is 1. The predicted molar refractivity (Wildman–Crippen MR) is 85.5 cm³/mol. The fourth-order valence-corrected chi connectivity index (χ4v) is 3.43. The smallest absolute Gasteiger partial charge is 0.294 e. The minimum Gasteiger partial charge on any atom is -0.316 e. The molecule has 1 heterocycles. The first-order valence-electron chi connectivity index (χ1n) is 5.37. The summed E-state index contributed by atoms with van der Waals surface area (Å²) in [5.74, 6) is -0.459. The zero-order chi connectivity index (χ0) is 15.6. The van der Waals surface area contributed by atoms with Crippen LogP contribution in [0.4, 0.5) is 11.4 Å². The fourth-order valence-electron chi connectivity index (χ4n) is 1.50. The van der Waals surface area contributed by atoms with Gasteiger partial charge in [-0.25, -0.2) is 0 Å². The normalized spacial score (nSPS) is 9.95. The van der Waals surface area contributed by atoms with E-state index in [1.54, 1.807) is 6.07 Å². The highest BCUT2D eigenvalue weighted by atomic mass is 79.9. The molecule has 0 atom stereocenters. The topological polar surface area (TPSA) is 96.0 Å². The molecule has 1 aromatic heterocycles. The summed E-state index contributed by atoms with van der Waals surface area (Å²) >= 11 is 7.74. The van der Waals surface area contributed by atoms with Crippen molar-refractivity contribution in [1.29, 1.82) is 5.26 Å². The zero-order valence-electron chi connectivity index (χ0n) is 10.1. The molecule has 0 spiro atoms. The molecule has 1 N–H and O–H groups in total. The quantitative estimate of drug-likeness (QED) is 0.579. The Morgan fingerprint density at radius 3 is 2.62 bits per heavy atom. The van der Waals surface area contributed by atoms with Crippen LogP contribution in [0, 0.1) is 21.4 Å². The minimum atomic E-state index is -0.642. The van der Waals surface area contributed by atoms with Crippen LogP contribution in [0.2, 0.25) is 0 Å². The van der Waals surface area contributed by atoms with Gasteiger partial charge in [-0.15, -0.1) is 11.3 Å². The van der Waals surface area contributed by atoms with E-state index in [1.165, 1.54) is 23.5 Å². The molecule has 0 saturated heterocycles. The Bertz CT molecular complexity index is 763. The second-order valence-electron chi connectivity index (χ2n) is 3.79. The Morgan fingerprint density at radius 1 is 1.38 bits per heavy atom. The summed E-state index contributed by atoms with van der Waals surface area (Å²) in [6, 6.07) is 7.29. The molecular formula is C12H5Br2N3O3S. The molecular weight excluding hydrogens is 426 g/mol. The number of nitrogens with one attached hydrogen (secondary N) is 1. The fraction of sp³-hybridized carbons (Fsp3) is 0. The van der Waals surface area contributed by atoms with Gasteiger partial charge in [0, 0.05) is 10.5 Å². The molecule has 1 amide bonds. The number of nitro groups is 1. The monoisotopic (exact) mass is 429 g/mol. The lowest BCUT2D eigenvalue weighted by molar-refractivity contribution is -0.383.